The summed E-state index contributed by atoms with van der Waals surface area (Å²) in [6, 6.07) is 9.83. The average molecular weight is 360 g/mol. The highest BCUT2D eigenvalue weighted by atomic mass is 32.2. The van der Waals surface area contributed by atoms with E-state index in [-0.39, 0.29) is 11.8 Å². The van der Waals surface area contributed by atoms with Gasteiger partial charge in [0.25, 0.3) is 5.91 Å². The predicted molar refractivity (Wildman–Crippen MR) is 99.2 cm³/mol. The molecule has 2 rings (SSSR count). The van der Waals surface area contributed by atoms with Gasteiger partial charge in [-0.05, 0) is 45.0 Å². The van der Waals surface area contributed by atoms with Crippen LogP contribution in [0.2, 0.25) is 0 Å². The number of carbonyl (C=O) groups is 1. The van der Waals surface area contributed by atoms with Crippen molar-refractivity contribution in [3.8, 4) is 6.07 Å². The highest BCUT2D eigenvalue weighted by Gasteiger charge is 2.16. The number of aryl methyl sites for hydroxylation is 1. The summed E-state index contributed by atoms with van der Waals surface area (Å²) in [4.78, 5) is 19.8. The molecule has 2 aromatic rings. The lowest BCUT2D eigenvalue weighted by Crippen LogP contribution is -2.34. The Morgan fingerprint density at radius 1 is 1.42 bits per heavy atom. The van der Waals surface area contributed by atoms with E-state index in [2.05, 4.69) is 16.4 Å². The monoisotopic (exact) mass is 359 g/mol. The lowest BCUT2D eigenvalue weighted by Gasteiger charge is -2.22. The van der Waals surface area contributed by atoms with E-state index in [1.54, 1.807) is 28.0 Å². The van der Waals surface area contributed by atoms with Gasteiger partial charge in [0.1, 0.15) is 0 Å². The van der Waals surface area contributed by atoms with Crippen molar-refractivity contribution >= 4 is 29.0 Å². The molecule has 0 spiro atoms. The largest absolute Gasteiger partial charge is 0.338 e. The minimum absolute atomic E-state index is 0.0220. The van der Waals surface area contributed by atoms with Crippen molar-refractivity contribution in [3.05, 3.63) is 45.9 Å². The molecular formula is C18H21N3OS2. The number of nitriles is 1. The molecule has 1 unspecified atom stereocenters. The van der Waals surface area contributed by atoms with E-state index in [0.29, 0.717) is 18.7 Å². The number of benzene rings is 1. The van der Waals surface area contributed by atoms with Gasteiger partial charge in [0.15, 0.2) is 0 Å². The van der Waals surface area contributed by atoms with Crippen molar-refractivity contribution in [2.45, 2.75) is 31.4 Å². The molecule has 0 saturated carbocycles. The van der Waals surface area contributed by atoms with E-state index in [9.17, 15) is 4.79 Å². The minimum atomic E-state index is -0.162. The molecule has 0 radical (unpaired) electrons. The van der Waals surface area contributed by atoms with Gasteiger partial charge in [0.2, 0.25) is 0 Å². The van der Waals surface area contributed by atoms with Crippen LogP contribution in [0.3, 0.4) is 0 Å². The Bertz CT molecular complexity index is 719. The summed E-state index contributed by atoms with van der Waals surface area (Å²) >= 11 is 3.37. The van der Waals surface area contributed by atoms with Gasteiger partial charge in [0.05, 0.1) is 22.7 Å². The molecule has 4 nitrogen and oxygen atoms in total. The van der Waals surface area contributed by atoms with Gasteiger partial charge in [-0.3, -0.25) is 4.79 Å². The van der Waals surface area contributed by atoms with E-state index in [4.69, 9.17) is 5.26 Å². The molecule has 24 heavy (non-hydrogen) atoms. The normalized spacial score (nSPS) is 11.8. The number of rotatable bonds is 7. The fraction of sp³-hybridized carbons (Fsp3) is 0.389. The van der Waals surface area contributed by atoms with Crippen LogP contribution in [-0.4, -0.2) is 28.9 Å². The summed E-state index contributed by atoms with van der Waals surface area (Å²) in [5.74, 6) is 0.648. The van der Waals surface area contributed by atoms with Crippen molar-refractivity contribution < 1.29 is 4.79 Å². The summed E-state index contributed by atoms with van der Waals surface area (Å²) in [6.07, 6.45) is 0. The zero-order valence-corrected chi connectivity index (χ0v) is 15.8. The molecule has 0 fully saturated rings. The molecule has 1 amide bonds. The van der Waals surface area contributed by atoms with Crippen molar-refractivity contribution in [3.63, 3.8) is 0 Å². The van der Waals surface area contributed by atoms with Crippen LogP contribution in [0.1, 0.15) is 34.9 Å². The number of thiazole rings is 1. The topological polar surface area (TPSA) is 57.0 Å². The third-order valence-corrected chi connectivity index (χ3v) is 5.41. The quantitative estimate of drug-likeness (QED) is 0.689. The molecule has 0 N–H and O–H groups in total. The van der Waals surface area contributed by atoms with Gasteiger partial charge >= 0.3 is 0 Å². The third-order valence-electron chi connectivity index (χ3n) is 3.54. The van der Waals surface area contributed by atoms with Crippen molar-refractivity contribution in [1.29, 1.82) is 5.26 Å². The maximum absolute atomic E-state index is 12.5. The summed E-state index contributed by atoms with van der Waals surface area (Å²) in [5.41, 5.74) is 1.75. The summed E-state index contributed by atoms with van der Waals surface area (Å²) in [6.45, 7) is 6.83. The molecule has 1 atom stereocenters. The molecule has 1 aromatic carbocycles. The molecule has 0 bridgehead atoms. The minimum Gasteiger partial charge on any atom is -0.338 e. The number of amides is 1. The molecule has 126 valence electrons. The fourth-order valence-corrected chi connectivity index (χ4v) is 3.74. The Labute approximate surface area is 151 Å². The lowest BCUT2D eigenvalue weighted by atomic mass is 10.1. The maximum Gasteiger partial charge on any atom is 0.253 e. The Hall–Kier alpha value is -1.84. The fourth-order valence-electron chi connectivity index (χ4n) is 2.24. The molecule has 0 aliphatic rings. The van der Waals surface area contributed by atoms with Crippen LogP contribution in [0, 0.1) is 24.2 Å². The van der Waals surface area contributed by atoms with Crippen LogP contribution >= 0.6 is 23.1 Å². The first-order valence-electron chi connectivity index (χ1n) is 7.86. The SMILES string of the molecule is CCN(CC(C)C#N)C(=O)c1ccc(SCc2csc(C)n2)cc1. The van der Waals surface area contributed by atoms with E-state index in [1.807, 2.05) is 45.0 Å². The van der Waals surface area contributed by atoms with E-state index in [1.165, 1.54) is 0 Å². The summed E-state index contributed by atoms with van der Waals surface area (Å²) in [7, 11) is 0. The third kappa shape index (κ3) is 5.08. The van der Waals surface area contributed by atoms with E-state index in [0.717, 1.165) is 21.3 Å². The number of nitrogens with zero attached hydrogens (tertiary/aromatic N) is 3. The van der Waals surface area contributed by atoms with Gasteiger partial charge in [-0.15, -0.1) is 23.1 Å². The standard InChI is InChI=1S/C18H21N3OS2/c1-4-21(10-13(2)9-19)18(22)15-5-7-17(8-6-15)24-12-16-11-23-14(3)20-16/h5-8,11,13H,4,10,12H2,1-3H3. The maximum atomic E-state index is 12.5. The van der Waals surface area contributed by atoms with Crippen molar-refractivity contribution in [2.24, 2.45) is 5.92 Å². The van der Waals surface area contributed by atoms with Crippen LogP contribution in [0.5, 0.6) is 0 Å². The van der Waals surface area contributed by atoms with Crippen LogP contribution in [0.25, 0.3) is 0 Å². The average Bonchev–Trinajstić information content (AvgIpc) is 3.02. The molecular weight excluding hydrogens is 338 g/mol. The van der Waals surface area contributed by atoms with Crippen LogP contribution in [-0.2, 0) is 5.75 Å². The number of thioether (sulfide) groups is 1. The first-order chi connectivity index (χ1) is 11.5. The number of aromatic nitrogens is 1. The second-order valence-corrected chi connectivity index (χ2v) is 7.66. The molecule has 6 heteroatoms. The van der Waals surface area contributed by atoms with Crippen molar-refractivity contribution in [2.75, 3.05) is 13.1 Å². The molecule has 1 aromatic heterocycles. The van der Waals surface area contributed by atoms with E-state index >= 15 is 0 Å². The van der Waals surface area contributed by atoms with Gasteiger partial charge < -0.3 is 4.90 Å². The Kier molecular flexibility index (Phi) is 6.83. The lowest BCUT2D eigenvalue weighted by molar-refractivity contribution is 0.0752. The molecule has 0 aliphatic heterocycles. The first-order valence-corrected chi connectivity index (χ1v) is 9.72. The van der Waals surface area contributed by atoms with Gasteiger partial charge in [0, 0.05) is 34.7 Å². The van der Waals surface area contributed by atoms with E-state index < -0.39 is 0 Å². The zero-order valence-electron chi connectivity index (χ0n) is 14.2. The van der Waals surface area contributed by atoms with Crippen molar-refractivity contribution in [1.82, 2.24) is 9.88 Å². The number of carbonyl (C=O) groups excluding carboxylic acids is 1. The highest BCUT2D eigenvalue weighted by molar-refractivity contribution is 7.98. The van der Waals surface area contributed by atoms with Crippen LogP contribution in [0.4, 0.5) is 0 Å². The zero-order chi connectivity index (χ0) is 17.5. The Balaban J connectivity index is 1.97. The van der Waals surface area contributed by atoms with Gasteiger partial charge in [-0.2, -0.15) is 5.26 Å². The first kappa shape index (κ1) is 18.5. The molecule has 1 heterocycles. The van der Waals surface area contributed by atoms with Crippen LogP contribution < -0.4 is 0 Å². The van der Waals surface area contributed by atoms with Crippen LogP contribution in [0.15, 0.2) is 34.5 Å². The molecule has 0 aliphatic carbocycles. The molecule has 0 saturated heterocycles. The summed E-state index contributed by atoms with van der Waals surface area (Å²) < 4.78 is 0. The Morgan fingerprint density at radius 2 is 2.12 bits per heavy atom. The summed E-state index contributed by atoms with van der Waals surface area (Å²) in [5, 5.41) is 12.1. The smallest absolute Gasteiger partial charge is 0.253 e. The number of hydrogen-bond acceptors (Lipinski definition) is 5. The second-order valence-electron chi connectivity index (χ2n) is 5.54. The predicted octanol–water partition coefficient (Wildman–Crippen LogP) is 4.37. The highest BCUT2D eigenvalue weighted by Crippen LogP contribution is 2.24. The second kappa shape index (κ2) is 8.86. The number of hydrogen-bond donors (Lipinski definition) is 0. The Morgan fingerprint density at radius 3 is 2.67 bits per heavy atom. The van der Waals surface area contributed by atoms with Gasteiger partial charge in [-0.25, -0.2) is 4.98 Å². The van der Waals surface area contributed by atoms with Gasteiger partial charge in [-0.1, -0.05) is 0 Å².